The SMILES string of the molecule is COc1c(CC(NC(=O)c2ccc(C=NNC(=O)OCc3ccccc3)cc2)B2OC3CC4CC(C4(C)C)C3(C)O2)cccc1C(=O)OC(C)(C)C. The minimum absolute atomic E-state index is 0.0912. The number of rotatable bonds is 11. The molecule has 2 N–H and O–H groups in total. The highest BCUT2D eigenvalue weighted by Gasteiger charge is 2.68. The number of para-hydroxylation sites is 1. The van der Waals surface area contributed by atoms with Crippen LogP contribution in [0.25, 0.3) is 0 Å². The van der Waals surface area contributed by atoms with E-state index in [2.05, 4.69) is 36.6 Å². The second-order valence-corrected chi connectivity index (χ2v) is 15.7. The van der Waals surface area contributed by atoms with E-state index in [9.17, 15) is 14.4 Å². The zero-order valence-corrected chi connectivity index (χ0v) is 30.9. The van der Waals surface area contributed by atoms with Gasteiger partial charge in [-0.1, -0.05) is 68.4 Å². The van der Waals surface area contributed by atoms with Crippen molar-refractivity contribution in [1.82, 2.24) is 10.7 Å². The average Bonchev–Trinajstić information content (AvgIpc) is 3.47. The van der Waals surface area contributed by atoms with Crippen LogP contribution in [0.1, 0.15) is 91.8 Å². The first-order chi connectivity index (χ1) is 24.7. The third kappa shape index (κ3) is 7.88. The Morgan fingerprint density at radius 3 is 2.40 bits per heavy atom. The van der Waals surface area contributed by atoms with Gasteiger partial charge in [0.2, 0.25) is 0 Å². The van der Waals surface area contributed by atoms with Crippen molar-refractivity contribution in [3.8, 4) is 5.75 Å². The molecule has 7 rings (SSSR count). The molecule has 1 heterocycles. The second-order valence-electron chi connectivity index (χ2n) is 15.7. The summed E-state index contributed by atoms with van der Waals surface area (Å²) in [6.07, 6.45) is 2.96. The van der Waals surface area contributed by atoms with Crippen LogP contribution < -0.4 is 15.5 Å². The number of hydrogen-bond acceptors (Lipinski definition) is 9. The molecule has 3 aliphatic carbocycles. The molecule has 5 unspecified atom stereocenters. The Morgan fingerprint density at radius 2 is 1.73 bits per heavy atom. The van der Waals surface area contributed by atoms with Gasteiger partial charge in [0, 0.05) is 5.56 Å². The summed E-state index contributed by atoms with van der Waals surface area (Å²) in [7, 11) is 0.782. The molecule has 52 heavy (non-hydrogen) atoms. The predicted molar refractivity (Wildman–Crippen MR) is 197 cm³/mol. The lowest BCUT2D eigenvalue weighted by atomic mass is 9.43. The number of amides is 2. The van der Waals surface area contributed by atoms with E-state index in [1.165, 1.54) is 13.3 Å². The molecule has 0 spiro atoms. The largest absolute Gasteiger partial charge is 0.496 e. The van der Waals surface area contributed by atoms with Gasteiger partial charge in [-0.3, -0.25) is 4.79 Å². The molecule has 274 valence electrons. The molecule has 12 heteroatoms. The monoisotopic (exact) mass is 709 g/mol. The number of hydrogen-bond donors (Lipinski definition) is 2. The molecule has 11 nitrogen and oxygen atoms in total. The van der Waals surface area contributed by atoms with Crippen LogP contribution in [0.4, 0.5) is 4.79 Å². The van der Waals surface area contributed by atoms with Crippen molar-refractivity contribution < 1.29 is 37.9 Å². The Hall–Kier alpha value is -4.68. The number of hydrazone groups is 1. The lowest BCUT2D eigenvalue weighted by molar-refractivity contribution is -0.199. The van der Waals surface area contributed by atoms with Gasteiger partial charge in [-0.05, 0) is 99.1 Å². The quantitative estimate of drug-likeness (QED) is 0.0996. The molecule has 0 aromatic heterocycles. The Morgan fingerprint density at radius 1 is 1.00 bits per heavy atom. The standard InChI is InChI=1S/C40H48BN3O8/c1-38(2,3)50-36(46)30-15-11-14-28(34(30)48-7)20-33(41-51-32-22-29-21-31(39(29,4)5)40(32,6)52-41)43-35(45)27-18-16-25(17-19-27)23-42-44-37(47)49-24-26-12-9-8-10-13-26/h8-19,23,29,31-33H,20-22,24H2,1-7H3,(H,43,45)(H,44,47). The molecule has 4 fully saturated rings. The minimum Gasteiger partial charge on any atom is -0.496 e. The number of nitrogens with zero attached hydrogens (tertiary/aromatic N) is 1. The number of carbonyl (C=O) groups excluding carboxylic acids is 3. The Bertz CT molecular complexity index is 1810. The fraction of sp³-hybridized carbons (Fsp3) is 0.450. The number of nitrogens with one attached hydrogen (secondary N) is 2. The normalized spacial score (nSPS) is 23.6. The Balaban J connectivity index is 1.17. The molecule has 3 aromatic carbocycles. The first kappa shape index (κ1) is 37.1. The molecule has 1 saturated heterocycles. The summed E-state index contributed by atoms with van der Waals surface area (Å²) in [6.45, 7) is 12.3. The topological polar surface area (TPSA) is 134 Å². The van der Waals surface area contributed by atoms with E-state index in [4.69, 9.17) is 23.5 Å². The van der Waals surface area contributed by atoms with Gasteiger partial charge in [0.05, 0.1) is 31.0 Å². The number of ether oxygens (including phenoxy) is 3. The van der Waals surface area contributed by atoms with E-state index >= 15 is 0 Å². The lowest BCUT2D eigenvalue weighted by Gasteiger charge is -2.64. The third-order valence-corrected chi connectivity index (χ3v) is 10.7. The third-order valence-electron chi connectivity index (χ3n) is 10.7. The van der Waals surface area contributed by atoms with Gasteiger partial charge in [0.15, 0.2) is 0 Å². The molecule has 1 aliphatic heterocycles. The lowest BCUT2D eigenvalue weighted by Crippen LogP contribution is -2.65. The molecular formula is C40H48BN3O8. The van der Waals surface area contributed by atoms with E-state index in [1.54, 1.807) is 36.4 Å². The maximum absolute atomic E-state index is 13.8. The fourth-order valence-electron chi connectivity index (χ4n) is 7.89. The van der Waals surface area contributed by atoms with Crippen molar-refractivity contribution in [1.29, 1.82) is 0 Å². The summed E-state index contributed by atoms with van der Waals surface area (Å²) in [4.78, 5) is 39.0. The summed E-state index contributed by atoms with van der Waals surface area (Å²) >= 11 is 0. The van der Waals surface area contributed by atoms with Crippen LogP contribution in [0, 0.1) is 17.3 Å². The number of benzene rings is 3. The first-order valence-corrected chi connectivity index (χ1v) is 17.8. The van der Waals surface area contributed by atoms with E-state index in [0.29, 0.717) is 39.8 Å². The summed E-state index contributed by atoms with van der Waals surface area (Å²) in [5.41, 5.74) is 4.27. The van der Waals surface area contributed by atoms with Gasteiger partial charge in [0.1, 0.15) is 23.5 Å². The smallest absolute Gasteiger partial charge is 0.482 e. The van der Waals surface area contributed by atoms with Crippen LogP contribution >= 0.6 is 0 Å². The van der Waals surface area contributed by atoms with E-state index in [1.807, 2.05) is 57.2 Å². The number of methoxy groups -OCH3 is 1. The summed E-state index contributed by atoms with van der Waals surface area (Å²) in [6, 6.07) is 21.5. The zero-order valence-electron chi connectivity index (χ0n) is 30.9. The van der Waals surface area contributed by atoms with Crippen molar-refractivity contribution in [3.63, 3.8) is 0 Å². The zero-order chi connectivity index (χ0) is 37.3. The minimum atomic E-state index is -0.733. The first-order valence-electron chi connectivity index (χ1n) is 17.8. The van der Waals surface area contributed by atoms with E-state index in [-0.39, 0.29) is 30.5 Å². The van der Waals surface area contributed by atoms with Crippen molar-refractivity contribution in [2.45, 2.75) is 90.7 Å². The van der Waals surface area contributed by atoms with Gasteiger partial charge in [-0.25, -0.2) is 15.0 Å². The van der Waals surface area contributed by atoms with Gasteiger partial charge in [0.25, 0.3) is 5.91 Å². The highest BCUT2D eigenvalue weighted by molar-refractivity contribution is 6.48. The molecule has 4 aliphatic rings. The van der Waals surface area contributed by atoms with Crippen molar-refractivity contribution >= 4 is 31.3 Å². The summed E-state index contributed by atoms with van der Waals surface area (Å²) < 4.78 is 30.1. The van der Waals surface area contributed by atoms with Gasteiger partial charge >= 0.3 is 19.2 Å². The van der Waals surface area contributed by atoms with Crippen LogP contribution in [0.3, 0.4) is 0 Å². The molecular weight excluding hydrogens is 661 g/mol. The average molecular weight is 710 g/mol. The molecule has 2 bridgehead atoms. The van der Waals surface area contributed by atoms with Crippen LogP contribution in [0.5, 0.6) is 5.75 Å². The van der Waals surface area contributed by atoms with Crippen LogP contribution in [0.2, 0.25) is 0 Å². The Labute approximate surface area is 305 Å². The highest BCUT2D eigenvalue weighted by atomic mass is 16.7. The van der Waals surface area contributed by atoms with Crippen molar-refractivity contribution in [2.75, 3.05) is 7.11 Å². The Kier molecular flexibility index (Phi) is 10.5. The van der Waals surface area contributed by atoms with Crippen molar-refractivity contribution in [2.24, 2.45) is 22.4 Å². The molecule has 3 saturated carbocycles. The maximum Gasteiger partial charge on any atom is 0.482 e. The van der Waals surface area contributed by atoms with E-state index in [0.717, 1.165) is 18.4 Å². The number of carbonyl (C=O) groups is 3. The van der Waals surface area contributed by atoms with E-state index < -0.39 is 36.3 Å². The van der Waals surface area contributed by atoms with Crippen LogP contribution in [-0.2, 0) is 31.8 Å². The van der Waals surface area contributed by atoms with Gasteiger partial charge in [-0.15, -0.1) is 0 Å². The molecule has 2 amide bonds. The predicted octanol–water partition coefficient (Wildman–Crippen LogP) is 6.52. The number of esters is 1. The molecule has 5 atom stereocenters. The summed E-state index contributed by atoms with van der Waals surface area (Å²) in [5, 5.41) is 7.14. The molecule has 0 radical (unpaired) electrons. The van der Waals surface area contributed by atoms with Crippen LogP contribution in [0.15, 0.2) is 77.9 Å². The second kappa shape index (κ2) is 14.7. The maximum atomic E-state index is 13.8. The summed E-state index contributed by atoms with van der Waals surface area (Å²) in [5.74, 6) is -0.162. The van der Waals surface area contributed by atoms with Gasteiger partial charge < -0.3 is 28.8 Å². The van der Waals surface area contributed by atoms with Crippen molar-refractivity contribution in [3.05, 3.63) is 101 Å². The highest BCUT2D eigenvalue weighted by Crippen LogP contribution is 2.65. The molecule has 3 aromatic rings. The van der Waals surface area contributed by atoms with Crippen LogP contribution in [-0.4, -0.2) is 61.7 Å². The fourth-order valence-corrected chi connectivity index (χ4v) is 7.89. The van der Waals surface area contributed by atoms with Gasteiger partial charge in [-0.2, -0.15) is 5.10 Å².